The highest BCUT2D eigenvalue weighted by atomic mass is 31.2. The number of rotatable bonds is 12. The van der Waals surface area contributed by atoms with Gasteiger partial charge in [0.15, 0.2) is 13.2 Å². The molecular weight excluding hydrogens is 531 g/mol. The lowest BCUT2D eigenvalue weighted by Gasteiger charge is -2.33. The first-order valence-electron chi connectivity index (χ1n) is 12.5. The van der Waals surface area contributed by atoms with Crippen LogP contribution in [0.3, 0.4) is 0 Å². The first-order valence-corrected chi connectivity index (χ1v) is 14.1. The summed E-state index contributed by atoms with van der Waals surface area (Å²) in [6.07, 6.45) is -1.81. The second-order valence-electron chi connectivity index (χ2n) is 9.30. The van der Waals surface area contributed by atoms with Crippen LogP contribution in [-0.4, -0.2) is 59.0 Å². The molecule has 2 aromatic rings. The van der Waals surface area contributed by atoms with E-state index in [9.17, 15) is 29.0 Å². The minimum atomic E-state index is -5.25. The lowest BCUT2D eigenvalue weighted by molar-refractivity contribution is -0.0352. The number of phenols is 1. The molecule has 0 aliphatic heterocycles. The summed E-state index contributed by atoms with van der Waals surface area (Å²) in [7, 11) is -5.25. The van der Waals surface area contributed by atoms with Crippen LogP contribution in [0.4, 0.5) is 9.59 Å². The standard InChI is InChI=1S/C27H37O11P/c1-7-34-25(29)36-15-27(39(31,32)33,16-37-26(30)35-8-2)38-21-11-18(5)23(19(6)12-21)14-20-9-10-24(28)22(13-20)17(3)4/h9-13,17,28H,7-8,14-16H2,1-6H3,(H2,31,32,33). The van der Waals surface area contributed by atoms with E-state index in [4.69, 9.17) is 14.2 Å². The largest absolute Gasteiger partial charge is 0.508 e. The molecule has 11 nitrogen and oxygen atoms in total. The van der Waals surface area contributed by atoms with Crippen molar-refractivity contribution in [1.82, 2.24) is 0 Å². The zero-order chi connectivity index (χ0) is 29.4. The molecule has 2 rings (SSSR count). The van der Waals surface area contributed by atoms with Gasteiger partial charge in [0.1, 0.15) is 11.5 Å². The summed E-state index contributed by atoms with van der Waals surface area (Å²) >= 11 is 0. The van der Waals surface area contributed by atoms with E-state index < -0.39 is 38.5 Å². The lowest BCUT2D eigenvalue weighted by Crippen LogP contribution is -2.46. The number of carbonyl (C=O) groups excluding carboxylic acids is 2. The number of aryl methyl sites for hydroxylation is 2. The molecule has 0 spiro atoms. The Hall–Kier alpha value is -3.27. The van der Waals surface area contributed by atoms with E-state index in [0.717, 1.165) is 27.8 Å². The van der Waals surface area contributed by atoms with Crippen molar-refractivity contribution in [2.24, 2.45) is 0 Å². The first kappa shape index (κ1) is 31.9. The Morgan fingerprint density at radius 2 is 1.41 bits per heavy atom. The first-order chi connectivity index (χ1) is 18.2. The van der Waals surface area contributed by atoms with E-state index in [1.807, 2.05) is 39.8 Å². The zero-order valence-electron chi connectivity index (χ0n) is 23.1. The number of hydrogen-bond donors (Lipinski definition) is 3. The topological polar surface area (TPSA) is 158 Å². The highest BCUT2D eigenvalue weighted by Crippen LogP contribution is 2.52. The Kier molecular flexibility index (Phi) is 11.2. The lowest BCUT2D eigenvalue weighted by atomic mass is 9.93. The summed E-state index contributed by atoms with van der Waals surface area (Å²) in [5.74, 6) is 0.428. The summed E-state index contributed by atoms with van der Waals surface area (Å²) in [4.78, 5) is 44.2. The van der Waals surface area contributed by atoms with Crippen molar-refractivity contribution in [2.45, 2.75) is 59.2 Å². The number of phenolic OH excluding ortho intramolecular Hbond substituents is 1. The third kappa shape index (κ3) is 8.61. The average molecular weight is 569 g/mol. The van der Waals surface area contributed by atoms with E-state index in [1.165, 1.54) is 13.8 Å². The molecule has 0 aromatic heterocycles. The maximum absolute atomic E-state index is 12.7. The summed E-state index contributed by atoms with van der Waals surface area (Å²) in [6, 6.07) is 8.62. The quantitative estimate of drug-likeness (QED) is 0.225. The fourth-order valence-corrected chi connectivity index (χ4v) is 4.57. The van der Waals surface area contributed by atoms with Crippen LogP contribution in [0, 0.1) is 13.8 Å². The van der Waals surface area contributed by atoms with Gasteiger partial charge in [0.25, 0.3) is 5.34 Å². The summed E-state index contributed by atoms with van der Waals surface area (Å²) in [5, 5.41) is 7.57. The van der Waals surface area contributed by atoms with Crippen LogP contribution in [-0.2, 0) is 29.9 Å². The monoisotopic (exact) mass is 568 g/mol. The van der Waals surface area contributed by atoms with Gasteiger partial charge in [0.2, 0.25) is 0 Å². The maximum Gasteiger partial charge on any atom is 0.508 e. The average Bonchev–Trinajstić information content (AvgIpc) is 2.83. The predicted octanol–water partition coefficient (Wildman–Crippen LogP) is 5.32. The molecule has 0 saturated heterocycles. The third-order valence-electron chi connectivity index (χ3n) is 5.96. The molecule has 12 heteroatoms. The second kappa shape index (κ2) is 13.7. The third-order valence-corrected chi connectivity index (χ3v) is 7.37. The van der Waals surface area contributed by atoms with Gasteiger partial charge in [-0.1, -0.05) is 26.0 Å². The SMILES string of the molecule is CCOC(=O)OCC(COC(=O)OCC)(Oc1cc(C)c(Cc2ccc(O)c(C(C)C)c2)c(C)c1)P(=O)(O)O. The number of aromatic hydroxyl groups is 1. The molecule has 0 heterocycles. The van der Waals surface area contributed by atoms with Crippen LogP contribution in [0.2, 0.25) is 0 Å². The van der Waals surface area contributed by atoms with Gasteiger partial charge in [0, 0.05) is 0 Å². The van der Waals surface area contributed by atoms with E-state index in [-0.39, 0.29) is 30.6 Å². The summed E-state index contributed by atoms with van der Waals surface area (Å²) in [5.41, 5.74) is 4.29. The molecule has 0 aliphatic carbocycles. The molecule has 0 radical (unpaired) electrons. The van der Waals surface area contributed by atoms with E-state index >= 15 is 0 Å². The highest BCUT2D eigenvalue weighted by molar-refractivity contribution is 7.53. The molecule has 3 N–H and O–H groups in total. The maximum atomic E-state index is 12.7. The Morgan fingerprint density at radius 3 is 1.85 bits per heavy atom. The Morgan fingerprint density at radius 1 is 0.897 bits per heavy atom. The predicted molar refractivity (Wildman–Crippen MR) is 142 cm³/mol. The van der Waals surface area contributed by atoms with Crippen molar-refractivity contribution in [3.8, 4) is 11.5 Å². The Balaban J connectivity index is 2.43. The van der Waals surface area contributed by atoms with Crippen LogP contribution in [0.25, 0.3) is 0 Å². The molecule has 39 heavy (non-hydrogen) atoms. The van der Waals surface area contributed by atoms with Gasteiger partial charge in [-0.25, -0.2) is 9.59 Å². The van der Waals surface area contributed by atoms with Gasteiger partial charge >= 0.3 is 19.9 Å². The fourth-order valence-electron chi connectivity index (χ4n) is 3.88. The molecule has 0 atom stereocenters. The minimum Gasteiger partial charge on any atom is -0.508 e. The van der Waals surface area contributed by atoms with Crippen molar-refractivity contribution >= 4 is 19.9 Å². The second-order valence-corrected chi connectivity index (χ2v) is 11.2. The molecule has 2 aromatic carbocycles. The summed E-state index contributed by atoms with van der Waals surface area (Å²) < 4.78 is 37.7. The van der Waals surface area contributed by atoms with E-state index in [0.29, 0.717) is 6.42 Å². The molecule has 216 valence electrons. The zero-order valence-corrected chi connectivity index (χ0v) is 23.9. The van der Waals surface area contributed by atoms with Crippen molar-refractivity contribution in [3.05, 3.63) is 58.1 Å². The Bertz CT molecular complexity index is 1160. The number of carbonyl (C=O) groups is 2. The van der Waals surface area contributed by atoms with Crippen molar-refractivity contribution < 1.29 is 52.7 Å². The Labute approximate surface area is 228 Å². The van der Waals surface area contributed by atoms with Gasteiger partial charge in [-0.05, 0) is 86.1 Å². The fraction of sp³-hybridized carbons (Fsp3) is 0.481. The van der Waals surface area contributed by atoms with Gasteiger partial charge in [-0.15, -0.1) is 0 Å². The molecule has 0 saturated carbocycles. The number of ether oxygens (including phenoxy) is 5. The van der Waals surface area contributed by atoms with Crippen LogP contribution in [0.5, 0.6) is 11.5 Å². The van der Waals surface area contributed by atoms with Gasteiger partial charge in [0.05, 0.1) is 13.2 Å². The smallest absolute Gasteiger partial charge is 0.508 e. The van der Waals surface area contributed by atoms with Crippen LogP contribution in [0.1, 0.15) is 61.4 Å². The molecule has 0 unspecified atom stereocenters. The van der Waals surface area contributed by atoms with Crippen molar-refractivity contribution in [2.75, 3.05) is 26.4 Å². The molecule has 0 fully saturated rings. The molecular formula is C27H37O11P. The van der Waals surface area contributed by atoms with Gasteiger partial charge in [-0.2, -0.15) is 0 Å². The van der Waals surface area contributed by atoms with E-state index in [1.54, 1.807) is 18.2 Å². The molecule has 0 bridgehead atoms. The van der Waals surface area contributed by atoms with Crippen LogP contribution < -0.4 is 4.74 Å². The van der Waals surface area contributed by atoms with Gasteiger partial charge < -0.3 is 38.6 Å². The normalized spacial score (nSPS) is 11.7. The molecule has 0 aliphatic rings. The van der Waals surface area contributed by atoms with Gasteiger partial charge in [-0.3, -0.25) is 4.57 Å². The number of benzene rings is 2. The highest BCUT2D eigenvalue weighted by Gasteiger charge is 2.53. The summed E-state index contributed by atoms with van der Waals surface area (Å²) in [6.45, 7) is 8.70. The minimum absolute atomic E-state index is 0.0263. The van der Waals surface area contributed by atoms with Crippen LogP contribution >= 0.6 is 7.60 Å². The number of hydrogen-bond acceptors (Lipinski definition) is 9. The van der Waals surface area contributed by atoms with E-state index in [2.05, 4.69) is 9.47 Å². The molecule has 0 amide bonds. The van der Waals surface area contributed by atoms with Crippen molar-refractivity contribution in [1.29, 1.82) is 0 Å². The van der Waals surface area contributed by atoms with Crippen molar-refractivity contribution in [3.63, 3.8) is 0 Å². The van der Waals surface area contributed by atoms with Crippen LogP contribution in [0.15, 0.2) is 30.3 Å².